The molecule has 1 aliphatic heterocycles. The van der Waals surface area contributed by atoms with Crippen LogP contribution in [0.1, 0.15) is 30.1 Å². The van der Waals surface area contributed by atoms with E-state index in [2.05, 4.69) is 12.2 Å². The van der Waals surface area contributed by atoms with Crippen LogP contribution in [-0.2, 0) is 0 Å². The van der Waals surface area contributed by atoms with E-state index < -0.39 is 0 Å². The normalized spacial score (nSPS) is 18.8. The van der Waals surface area contributed by atoms with Gasteiger partial charge in [0, 0.05) is 19.1 Å². The zero-order chi connectivity index (χ0) is 11.4. The number of hydrogen-bond donors (Lipinski definition) is 1. The van der Waals surface area contributed by atoms with Crippen LogP contribution in [0.4, 0.5) is 0 Å². The van der Waals surface area contributed by atoms with Crippen molar-refractivity contribution < 1.29 is 9.21 Å². The van der Waals surface area contributed by atoms with Gasteiger partial charge in [-0.05, 0) is 25.5 Å². The summed E-state index contributed by atoms with van der Waals surface area (Å²) in [4.78, 5) is 14.2. The highest BCUT2D eigenvalue weighted by Crippen LogP contribution is 2.14. The van der Waals surface area contributed by atoms with Gasteiger partial charge in [-0.1, -0.05) is 6.92 Å². The lowest BCUT2D eigenvalue weighted by Gasteiger charge is -2.27. The molecule has 1 aromatic heterocycles. The fourth-order valence-corrected chi connectivity index (χ4v) is 2.15. The van der Waals surface area contributed by atoms with E-state index in [9.17, 15) is 4.79 Å². The van der Waals surface area contributed by atoms with Crippen LogP contribution in [0, 0.1) is 0 Å². The van der Waals surface area contributed by atoms with Gasteiger partial charge in [0.25, 0.3) is 5.91 Å². The van der Waals surface area contributed by atoms with Gasteiger partial charge in [0.05, 0.1) is 11.8 Å². The summed E-state index contributed by atoms with van der Waals surface area (Å²) in [6.07, 6.45) is 5.10. The SMILES string of the molecule is CCCN(C(=O)c1ccoc1)C1CCNC1.Cl. The van der Waals surface area contributed by atoms with Crippen LogP contribution in [0.15, 0.2) is 23.0 Å². The van der Waals surface area contributed by atoms with Gasteiger partial charge in [0.1, 0.15) is 6.26 Å². The average molecular weight is 259 g/mol. The minimum atomic E-state index is 0. The van der Waals surface area contributed by atoms with Gasteiger partial charge >= 0.3 is 0 Å². The molecule has 2 rings (SSSR count). The third-order valence-electron chi connectivity index (χ3n) is 2.97. The molecule has 17 heavy (non-hydrogen) atoms. The first-order valence-corrected chi connectivity index (χ1v) is 5.86. The predicted molar refractivity (Wildman–Crippen MR) is 68.6 cm³/mol. The molecule has 0 radical (unpaired) electrons. The van der Waals surface area contributed by atoms with Gasteiger partial charge < -0.3 is 14.6 Å². The highest BCUT2D eigenvalue weighted by molar-refractivity contribution is 5.94. The molecule has 1 atom stereocenters. The summed E-state index contributed by atoms with van der Waals surface area (Å²) >= 11 is 0. The van der Waals surface area contributed by atoms with Crippen molar-refractivity contribution >= 4 is 18.3 Å². The topological polar surface area (TPSA) is 45.5 Å². The maximum absolute atomic E-state index is 12.2. The third kappa shape index (κ3) is 3.23. The molecular formula is C12H19ClN2O2. The average Bonchev–Trinajstić information content (AvgIpc) is 2.96. The first kappa shape index (κ1) is 14.1. The monoisotopic (exact) mass is 258 g/mol. The molecule has 1 N–H and O–H groups in total. The molecule has 2 heterocycles. The molecule has 0 aliphatic carbocycles. The van der Waals surface area contributed by atoms with Crippen molar-refractivity contribution in [1.29, 1.82) is 0 Å². The fraction of sp³-hybridized carbons (Fsp3) is 0.583. The van der Waals surface area contributed by atoms with Gasteiger partial charge in [0.2, 0.25) is 0 Å². The molecule has 1 unspecified atom stereocenters. The van der Waals surface area contributed by atoms with Crippen molar-refractivity contribution in [3.63, 3.8) is 0 Å². The Balaban J connectivity index is 0.00000144. The lowest BCUT2D eigenvalue weighted by molar-refractivity contribution is 0.0691. The number of furan rings is 1. The molecule has 4 nitrogen and oxygen atoms in total. The quantitative estimate of drug-likeness (QED) is 0.898. The maximum atomic E-state index is 12.2. The first-order valence-electron chi connectivity index (χ1n) is 5.86. The molecule has 5 heteroatoms. The summed E-state index contributed by atoms with van der Waals surface area (Å²) in [6, 6.07) is 2.07. The molecule has 96 valence electrons. The number of rotatable bonds is 4. The van der Waals surface area contributed by atoms with E-state index in [1.165, 1.54) is 6.26 Å². The molecule has 0 aromatic carbocycles. The standard InChI is InChI=1S/C12H18N2O2.ClH/c1-2-6-14(11-3-5-13-8-11)12(15)10-4-7-16-9-10;/h4,7,9,11,13H,2-3,5-6,8H2,1H3;1H. The molecule has 0 bridgehead atoms. The number of carbonyl (C=O) groups excluding carboxylic acids is 1. The van der Waals surface area contributed by atoms with Crippen LogP contribution in [0.2, 0.25) is 0 Å². The van der Waals surface area contributed by atoms with E-state index in [0.29, 0.717) is 11.6 Å². The Kier molecular flexibility index (Phi) is 5.51. The molecular weight excluding hydrogens is 240 g/mol. The van der Waals surface area contributed by atoms with Crippen LogP contribution in [0.25, 0.3) is 0 Å². The minimum absolute atomic E-state index is 0. The smallest absolute Gasteiger partial charge is 0.257 e. The predicted octanol–water partition coefficient (Wildman–Crippen LogP) is 1.92. The van der Waals surface area contributed by atoms with Gasteiger partial charge in [-0.3, -0.25) is 4.79 Å². The second-order valence-electron chi connectivity index (χ2n) is 4.16. The van der Waals surface area contributed by atoms with Gasteiger partial charge in [-0.2, -0.15) is 0 Å². The van der Waals surface area contributed by atoms with E-state index in [0.717, 1.165) is 32.5 Å². The Bertz CT molecular complexity index is 334. The zero-order valence-electron chi connectivity index (χ0n) is 10.0. The molecule has 1 saturated heterocycles. The molecule has 1 amide bonds. The summed E-state index contributed by atoms with van der Waals surface area (Å²) in [5, 5.41) is 3.29. The Morgan fingerprint density at radius 1 is 1.65 bits per heavy atom. The van der Waals surface area contributed by atoms with Crippen molar-refractivity contribution in [3.8, 4) is 0 Å². The van der Waals surface area contributed by atoms with Crippen LogP contribution in [0.3, 0.4) is 0 Å². The van der Waals surface area contributed by atoms with Crippen LogP contribution in [0.5, 0.6) is 0 Å². The lowest BCUT2D eigenvalue weighted by atomic mass is 10.1. The summed E-state index contributed by atoms with van der Waals surface area (Å²) in [5.74, 6) is 0.0873. The number of hydrogen-bond acceptors (Lipinski definition) is 3. The fourth-order valence-electron chi connectivity index (χ4n) is 2.15. The number of halogens is 1. The van der Waals surface area contributed by atoms with Crippen LogP contribution in [-0.4, -0.2) is 36.5 Å². The largest absolute Gasteiger partial charge is 0.472 e. The Hall–Kier alpha value is -1.00. The summed E-state index contributed by atoms with van der Waals surface area (Å²) in [5.41, 5.74) is 0.653. The number of nitrogens with one attached hydrogen (secondary N) is 1. The maximum Gasteiger partial charge on any atom is 0.257 e. The Labute approximate surface area is 108 Å². The second-order valence-corrected chi connectivity index (χ2v) is 4.16. The number of carbonyl (C=O) groups is 1. The molecule has 1 aromatic rings. The second kappa shape index (κ2) is 6.67. The van der Waals surface area contributed by atoms with Gasteiger partial charge in [-0.25, -0.2) is 0 Å². The molecule has 1 aliphatic rings. The molecule has 1 fully saturated rings. The van der Waals surface area contributed by atoms with Gasteiger partial charge in [0.15, 0.2) is 0 Å². The third-order valence-corrected chi connectivity index (χ3v) is 2.97. The van der Waals surface area contributed by atoms with E-state index >= 15 is 0 Å². The van der Waals surface area contributed by atoms with Gasteiger partial charge in [-0.15, -0.1) is 12.4 Å². The van der Waals surface area contributed by atoms with Crippen molar-refractivity contribution in [2.45, 2.75) is 25.8 Å². The van der Waals surface area contributed by atoms with E-state index in [1.54, 1.807) is 12.3 Å². The molecule has 0 spiro atoms. The number of amides is 1. The highest BCUT2D eigenvalue weighted by Gasteiger charge is 2.26. The van der Waals surface area contributed by atoms with Crippen LogP contribution < -0.4 is 5.32 Å². The molecule has 0 saturated carbocycles. The minimum Gasteiger partial charge on any atom is -0.472 e. The summed E-state index contributed by atoms with van der Waals surface area (Å²) < 4.78 is 4.96. The first-order chi connectivity index (χ1) is 7.83. The zero-order valence-corrected chi connectivity index (χ0v) is 10.8. The van der Waals surface area contributed by atoms with E-state index in [1.807, 2.05) is 4.90 Å². The lowest BCUT2D eigenvalue weighted by Crippen LogP contribution is -2.41. The van der Waals surface area contributed by atoms with Crippen molar-refractivity contribution in [2.75, 3.05) is 19.6 Å². The Morgan fingerprint density at radius 3 is 3.00 bits per heavy atom. The van der Waals surface area contributed by atoms with Crippen molar-refractivity contribution in [2.24, 2.45) is 0 Å². The van der Waals surface area contributed by atoms with Crippen LogP contribution >= 0.6 is 12.4 Å². The summed E-state index contributed by atoms with van der Waals surface area (Å²) in [6.45, 7) is 4.82. The number of nitrogens with zero attached hydrogens (tertiary/aromatic N) is 1. The van der Waals surface area contributed by atoms with Crippen molar-refractivity contribution in [3.05, 3.63) is 24.2 Å². The van der Waals surface area contributed by atoms with E-state index in [4.69, 9.17) is 4.42 Å². The summed E-state index contributed by atoms with van der Waals surface area (Å²) in [7, 11) is 0. The Morgan fingerprint density at radius 2 is 2.47 bits per heavy atom. The van der Waals surface area contributed by atoms with E-state index in [-0.39, 0.29) is 18.3 Å². The highest BCUT2D eigenvalue weighted by atomic mass is 35.5. The van der Waals surface area contributed by atoms with Crippen molar-refractivity contribution in [1.82, 2.24) is 10.2 Å².